The summed E-state index contributed by atoms with van der Waals surface area (Å²) >= 11 is 3.91. The topological polar surface area (TPSA) is 18.5 Å². The van der Waals surface area contributed by atoms with Crippen molar-refractivity contribution in [3.8, 4) is 0 Å². The van der Waals surface area contributed by atoms with Crippen molar-refractivity contribution in [3.63, 3.8) is 0 Å². The predicted molar refractivity (Wildman–Crippen MR) is 56.0 cm³/mol. The summed E-state index contributed by atoms with van der Waals surface area (Å²) in [5.74, 6) is 4.66. The van der Waals surface area contributed by atoms with Crippen LogP contribution >= 0.6 is 23.5 Å². The van der Waals surface area contributed by atoms with Crippen molar-refractivity contribution in [1.82, 2.24) is 0 Å². The molecule has 0 atom stereocenters. The molecule has 0 spiro atoms. The van der Waals surface area contributed by atoms with E-state index >= 15 is 0 Å². The summed E-state index contributed by atoms with van der Waals surface area (Å²) in [6, 6.07) is 0. The van der Waals surface area contributed by atoms with Crippen molar-refractivity contribution in [1.29, 1.82) is 0 Å². The third kappa shape index (κ3) is 4.60. The predicted octanol–water partition coefficient (Wildman–Crippen LogP) is 1.85. The second-order valence-corrected chi connectivity index (χ2v) is 4.99. The van der Waals surface area contributed by atoms with Gasteiger partial charge in [-0.3, -0.25) is 0 Å². The Morgan fingerprint density at radius 3 is 2.50 bits per heavy atom. The van der Waals surface area contributed by atoms with Crippen LogP contribution in [0.25, 0.3) is 0 Å². The van der Waals surface area contributed by atoms with Crippen LogP contribution in [-0.4, -0.2) is 42.5 Å². The Bertz CT molecular complexity index is 105. The Morgan fingerprint density at radius 2 is 1.83 bits per heavy atom. The SMILES string of the molecule is CCSCCSCC1OCCO1. The van der Waals surface area contributed by atoms with Crippen LogP contribution in [0.1, 0.15) is 6.92 Å². The minimum atomic E-state index is 0.0710. The molecule has 0 N–H and O–H groups in total. The molecule has 72 valence electrons. The second-order valence-electron chi connectivity index (χ2n) is 2.44. The van der Waals surface area contributed by atoms with Crippen LogP contribution in [-0.2, 0) is 9.47 Å². The third-order valence-electron chi connectivity index (χ3n) is 1.52. The van der Waals surface area contributed by atoms with Gasteiger partial charge in [0.15, 0.2) is 6.29 Å². The Hall–Kier alpha value is 0.620. The molecule has 0 saturated carbocycles. The van der Waals surface area contributed by atoms with Crippen LogP contribution in [0.5, 0.6) is 0 Å². The van der Waals surface area contributed by atoms with Gasteiger partial charge in [0.05, 0.1) is 13.2 Å². The zero-order valence-corrected chi connectivity index (χ0v) is 9.09. The van der Waals surface area contributed by atoms with Gasteiger partial charge in [0.1, 0.15) is 0 Å². The smallest absolute Gasteiger partial charge is 0.166 e. The van der Waals surface area contributed by atoms with Crippen LogP contribution in [0.2, 0.25) is 0 Å². The van der Waals surface area contributed by atoms with Gasteiger partial charge >= 0.3 is 0 Å². The Kier molecular flexibility index (Phi) is 6.30. The van der Waals surface area contributed by atoms with E-state index in [0.717, 1.165) is 19.0 Å². The first-order valence-corrected chi connectivity index (χ1v) is 6.63. The molecule has 1 heterocycles. The fraction of sp³-hybridized carbons (Fsp3) is 1.00. The van der Waals surface area contributed by atoms with E-state index in [4.69, 9.17) is 9.47 Å². The first-order valence-electron chi connectivity index (χ1n) is 4.32. The summed E-state index contributed by atoms with van der Waals surface area (Å²) in [6.45, 7) is 3.74. The number of hydrogen-bond acceptors (Lipinski definition) is 4. The Balaban J connectivity index is 1.81. The molecule has 0 amide bonds. The maximum Gasteiger partial charge on any atom is 0.166 e. The largest absolute Gasteiger partial charge is 0.349 e. The van der Waals surface area contributed by atoms with Gasteiger partial charge < -0.3 is 9.47 Å². The lowest BCUT2D eigenvalue weighted by Gasteiger charge is -2.07. The van der Waals surface area contributed by atoms with Crippen molar-refractivity contribution < 1.29 is 9.47 Å². The second kappa shape index (κ2) is 7.06. The quantitative estimate of drug-likeness (QED) is 0.620. The maximum atomic E-state index is 5.31. The first-order chi connectivity index (χ1) is 5.93. The van der Waals surface area contributed by atoms with E-state index in [1.54, 1.807) is 0 Å². The van der Waals surface area contributed by atoms with Crippen molar-refractivity contribution in [2.24, 2.45) is 0 Å². The van der Waals surface area contributed by atoms with Crippen molar-refractivity contribution >= 4 is 23.5 Å². The van der Waals surface area contributed by atoms with Gasteiger partial charge in [0.25, 0.3) is 0 Å². The molecule has 0 aromatic rings. The zero-order valence-electron chi connectivity index (χ0n) is 7.45. The van der Waals surface area contributed by atoms with E-state index in [1.165, 1.54) is 17.3 Å². The molecule has 1 rings (SSSR count). The van der Waals surface area contributed by atoms with Gasteiger partial charge in [0.2, 0.25) is 0 Å². The molecule has 0 aromatic carbocycles. The molecule has 12 heavy (non-hydrogen) atoms. The van der Waals surface area contributed by atoms with Crippen LogP contribution in [0.15, 0.2) is 0 Å². The van der Waals surface area contributed by atoms with Crippen LogP contribution < -0.4 is 0 Å². The highest BCUT2D eigenvalue weighted by molar-refractivity contribution is 8.02. The van der Waals surface area contributed by atoms with Crippen LogP contribution in [0, 0.1) is 0 Å². The van der Waals surface area contributed by atoms with E-state index in [2.05, 4.69) is 6.92 Å². The molecular formula is C8H16O2S2. The normalized spacial score (nSPS) is 18.8. The summed E-state index contributed by atoms with van der Waals surface area (Å²) in [5, 5.41) is 0. The molecule has 4 heteroatoms. The lowest BCUT2D eigenvalue weighted by Crippen LogP contribution is -2.11. The molecule has 1 aliphatic heterocycles. The van der Waals surface area contributed by atoms with E-state index < -0.39 is 0 Å². The molecule has 1 saturated heterocycles. The fourth-order valence-electron chi connectivity index (χ4n) is 0.945. The summed E-state index contributed by atoms with van der Waals surface area (Å²) in [5.41, 5.74) is 0. The average molecular weight is 208 g/mol. The highest BCUT2D eigenvalue weighted by Crippen LogP contribution is 2.13. The monoisotopic (exact) mass is 208 g/mol. The number of ether oxygens (including phenoxy) is 2. The lowest BCUT2D eigenvalue weighted by molar-refractivity contribution is -0.0214. The van der Waals surface area contributed by atoms with E-state index in [-0.39, 0.29) is 6.29 Å². The van der Waals surface area contributed by atoms with Gasteiger partial charge in [-0.05, 0) is 5.75 Å². The minimum absolute atomic E-state index is 0.0710. The summed E-state index contributed by atoms with van der Waals surface area (Å²) in [4.78, 5) is 0. The van der Waals surface area contributed by atoms with Gasteiger partial charge in [-0.15, -0.1) is 0 Å². The molecule has 0 unspecified atom stereocenters. The van der Waals surface area contributed by atoms with Gasteiger partial charge in [0, 0.05) is 17.3 Å². The van der Waals surface area contributed by atoms with Crippen molar-refractivity contribution in [2.75, 3.05) is 36.2 Å². The summed E-state index contributed by atoms with van der Waals surface area (Å²) in [6.07, 6.45) is 0.0710. The highest BCUT2D eigenvalue weighted by atomic mass is 32.2. The molecule has 1 aliphatic rings. The standard InChI is InChI=1S/C8H16O2S2/c1-2-11-5-6-12-7-8-9-3-4-10-8/h8H,2-7H2,1H3. The molecular weight excluding hydrogens is 192 g/mol. The lowest BCUT2D eigenvalue weighted by atomic mass is 10.8. The van der Waals surface area contributed by atoms with Gasteiger partial charge in [-0.2, -0.15) is 23.5 Å². The molecule has 0 bridgehead atoms. The van der Waals surface area contributed by atoms with E-state index in [0.29, 0.717) is 0 Å². The van der Waals surface area contributed by atoms with Crippen molar-refractivity contribution in [3.05, 3.63) is 0 Å². The maximum absolute atomic E-state index is 5.31. The molecule has 2 nitrogen and oxygen atoms in total. The van der Waals surface area contributed by atoms with Gasteiger partial charge in [-0.1, -0.05) is 6.92 Å². The molecule has 0 aliphatic carbocycles. The number of rotatable bonds is 6. The first kappa shape index (κ1) is 10.7. The van der Waals surface area contributed by atoms with Gasteiger partial charge in [-0.25, -0.2) is 0 Å². The average Bonchev–Trinajstić information content (AvgIpc) is 2.57. The van der Waals surface area contributed by atoms with E-state index in [1.807, 2.05) is 23.5 Å². The Morgan fingerprint density at radius 1 is 1.17 bits per heavy atom. The zero-order chi connectivity index (χ0) is 8.65. The third-order valence-corrected chi connectivity index (χ3v) is 3.68. The molecule has 0 radical (unpaired) electrons. The summed E-state index contributed by atoms with van der Waals surface area (Å²) < 4.78 is 10.6. The number of thioether (sulfide) groups is 2. The Labute approximate surface area is 82.8 Å². The molecule has 0 aromatic heterocycles. The van der Waals surface area contributed by atoms with Crippen LogP contribution in [0.4, 0.5) is 0 Å². The van der Waals surface area contributed by atoms with E-state index in [9.17, 15) is 0 Å². The molecule has 1 fully saturated rings. The van der Waals surface area contributed by atoms with Crippen LogP contribution in [0.3, 0.4) is 0 Å². The minimum Gasteiger partial charge on any atom is -0.349 e. The number of hydrogen-bond donors (Lipinski definition) is 0. The fourth-order valence-corrected chi connectivity index (χ4v) is 2.73. The highest BCUT2D eigenvalue weighted by Gasteiger charge is 2.14. The summed E-state index contributed by atoms with van der Waals surface area (Å²) in [7, 11) is 0. The van der Waals surface area contributed by atoms with Crippen molar-refractivity contribution in [2.45, 2.75) is 13.2 Å².